The van der Waals surface area contributed by atoms with Crippen molar-refractivity contribution >= 4 is 43.6 Å². The molecular formula is C63H41N5. The van der Waals surface area contributed by atoms with Gasteiger partial charge >= 0.3 is 0 Å². The molecule has 0 spiro atoms. The van der Waals surface area contributed by atoms with Crippen LogP contribution in [0.4, 0.5) is 0 Å². The van der Waals surface area contributed by atoms with Crippen LogP contribution in [0.25, 0.3) is 123 Å². The predicted octanol–water partition coefficient (Wildman–Crippen LogP) is 16.1. The Morgan fingerprint density at radius 1 is 0.250 bits per heavy atom. The minimum absolute atomic E-state index is 0.544. The Morgan fingerprint density at radius 3 is 1.26 bits per heavy atom. The van der Waals surface area contributed by atoms with Crippen LogP contribution in [0.15, 0.2) is 249 Å². The van der Waals surface area contributed by atoms with Crippen LogP contribution in [0.5, 0.6) is 0 Å². The zero-order chi connectivity index (χ0) is 45.0. The number of para-hydroxylation sites is 3. The summed E-state index contributed by atoms with van der Waals surface area (Å²) < 4.78 is 4.73. The van der Waals surface area contributed by atoms with Gasteiger partial charge in [-0.05, 0) is 63.2 Å². The van der Waals surface area contributed by atoms with Crippen molar-refractivity contribution in [2.45, 2.75) is 0 Å². The first-order chi connectivity index (χ1) is 33.7. The quantitative estimate of drug-likeness (QED) is 0.153. The monoisotopic (exact) mass is 867 g/mol. The molecular weight excluding hydrogens is 827 g/mol. The lowest BCUT2D eigenvalue weighted by atomic mass is 9.99. The number of hydrogen-bond acceptors (Lipinski definition) is 3. The predicted molar refractivity (Wildman–Crippen MR) is 281 cm³/mol. The molecule has 0 aliphatic rings. The van der Waals surface area contributed by atoms with Crippen LogP contribution in [0.1, 0.15) is 0 Å². The normalized spacial score (nSPS) is 11.5. The first kappa shape index (κ1) is 39.2. The molecule has 13 aromatic rings. The summed E-state index contributed by atoms with van der Waals surface area (Å²) in [7, 11) is 0. The highest BCUT2D eigenvalue weighted by molar-refractivity contribution is 6.24. The zero-order valence-corrected chi connectivity index (χ0v) is 36.9. The molecule has 0 atom stereocenters. The zero-order valence-electron chi connectivity index (χ0n) is 36.9. The third-order valence-electron chi connectivity index (χ3n) is 13.2. The van der Waals surface area contributed by atoms with E-state index in [1.165, 1.54) is 16.5 Å². The van der Waals surface area contributed by atoms with Gasteiger partial charge in [0.2, 0.25) is 5.95 Å². The van der Waals surface area contributed by atoms with Gasteiger partial charge in [-0.3, -0.25) is 4.57 Å². The molecule has 3 aromatic heterocycles. The van der Waals surface area contributed by atoms with E-state index in [4.69, 9.17) is 15.0 Å². The molecule has 3 heterocycles. The van der Waals surface area contributed by atoms with Crippen LogP contribution in [-0.4, -0.2) is 24.1 Å². The van der Waals surface area contributed by atoms with Gasteiger partial charge in [0.25, 0.3) is 0 Å². The van der Waals surface area contributed by atoms with Crippen LogP contribution in [0.2, 0.25) is 0 Å². The lowest BCUT2D eigenvalue weighted by Gasteiger charge is -2.16. The van der Waals surface area contributed by atoms with Gasteiger partial charge in [0.1, 0.15) is 0 Å². The van der Waals surface area contributed by atoms with Crippen LogP contribution >= 0.6 is 0 Å². The van der Waals surface area contributed by atoms with E-state index in [2.05, 4.69) is 246 Å². The Labute approximate surface area is 393 Å². The van der Waals surface area contributed by atoms with Crippen molar-refractivity contribution in [1.29, 1.82) is 0 Å². The average Bonchev–Trinajstić information content (AvgIpc) is 3.95. The molecule has 318 valence electrons. The number of hydrogen-bond donors (Lipinski definition) is 0. The molecule has 0 aliphatic heterocycles. The number of nitrogens with zero attached hydrogens (tertiary/aromatic N) is 5. The van der Waals surface area contributed by atoms with E-state index in [1.54, 1.807) is 0 Å². The van der Waals surface area contributed by atoms with Crippen molar-refractivity contribution < 1.29 is 0 Å². The van der Waals surface area contributed by atoms with Crippen molar-refractivity contribution in [2.75, 3.05) is 0 Å². The summed E-state index contributed by atoms with van der Waals surface area (Å²) >= 11 is 0. The molecule has 0 N–H and O–H groups in total. The highest BCUT2D eigenvalue weighted by Gasteiger charge is 2.24. The van der Waals surface area contributed by atoms with Crippen LogP contribution in [-0.2, 0) is 0 Å². The fraction of sp³-hybridized carbons (Fsp3) is 0. The number of aromatic nitrogens is 5. The van der Waals surface area contributed by atoms with Crippen LogP contribution < -0.4 is 0 Å². The molecule has 0 unspecified atom stereocenters. The third kappa shape index (κ3) is 6.68. The van der Waals surface area contributed by atoms with Gasteiger partial charge in [-0.15, -0.1) is 0 Å². The first-order valence-electron chi connectivity index (χ1n) is 23.0. The Morgan fingerprint density at radius 2 is 0.662 bits per heavy atom. The molecule has 0 saturated heterocycles. The van der Waals surface area contributed by atoms with Gasteiger partial charge in [0.05, 0.1) is 27.8 Å². The second-order valence-corrected chi connectivity index (χ2v) is 17.2. The van der Waals surface area contributed by atoms with Crippen LogP contribution in [0, 0.1) is 0 Å². The highest BCUT2D eigenvalue weighted by atomic mass is 15.2. The smallest absolute Gasteiger partial charge is 0.238 e. The Hall–Kier alpha value is -9.19. The van der Waals surface area contributed by atoms with Gasteiger partial charge in [-0.25, -0.2) is 4.98 Å². The van der Waals surface area contributed by atoms with Gasteiger partial charge < -0.3 is 4.57 Å². The summed E-state index contributed by atoms with van der Waals surface area (Å²) in [5.74, 6) is 1.73. The number of fused-ring (bicyclic) bond motifs is 7. The van der Waals surface area contributed by atoms with Crippen LogP contribution in [0.3, 0.4) is 0 Å². The topological polar surface area (TPSA) is 48.5 Å². The molecule has 0 aliphatic carbocycles. The highest BCUT2D eigenvalue weighted by Crippen LogP contribution is 2.43. The lowest BCUT2D eigenvalue weighted by molar-refractivity contribution is 0.953. The van der Waals surface area contributed by atoms with E-state index in [0.717, 1.165) is 88.4 Å². The molecule has 5 nitrogen and oxygen atoms in total. The number of benzene rings is 10. The van der Waals surface area contributed by atoms with E-state index in [1.807, 2.05) is 12.1 Å². The van der Waals surface area contributed by atoms with Crippen molar-refractivity contribution in [3.63, 3.8) is 0 Å². The standard InChI is InChI=1S/C63H41N5/c1-4-17-42(18-5-1)45-31-35-47(36-32-45)51-25-10-13-28-56(51)67-57-29-14-11-26-52(57)54-39-40-55-53-27-12-15-30-58(53)68(60(55)59(54)67)63-65-61(48-37-33-46(34-38-48)43-19-6-2-7-20-43)64-62(66-63)50-24-16-23-49(41-50)44-21-8-3-9-22-44/h1-41H. The molecule has 5 heteroatoms. The summed E-state index contributed by atoms with van der Waals surface area (Å²) in [6.45, 7) is 0. The fourth-order valence-corrected chi connectivity index (χ4v) is 9.98. The van der Waals surface area contributed by atoms with Crippen molar-refractivity contribution in [3.05, 3.63) is 249 Å². The SMILES string of the molecule is c1ccc(-c2ccc(-c3nc(-c4cccc(-c5ccccc5)c4)nc(-n4c5ccccc5c5ccc6c7ccccc7n(-c7ccccc7-c7ccc(-c8ccccc8)cc7)c6c54)n3)cc2)cc1. The molecule has 0 fully saturated rings. The van der Waals surface area contributed by atoms with Crippen molar-refractivity contribution in [2.24, 2.45) is 0 Å². The molecule has 0 saturated carbocycles. The van der Waals surface area contributed by atoms with E-state index < -0.39 is 0 Å². The fourth-order valence-electron chi connectivity index (χ4n) is 9.98. The maximum Gasteiger partial charge on any atom is 0.238 e. The van der Waals surface area contributed by atoms with E-state index in [9.17, 15) is 0 Å². The largest absolute Gasteiger partial charge is 0.307 e. The Bertz CT molecular complexity index is 3980. The Balaban J connectivity index is 1.08. The molecule has 68 heavy (non-hydrogen) atoms. The minimum atomic E-state index is 0.544. The van der Waals surface area contributed by atoms with Gasteiger partial charge in [0.15, 0.2) is 11.6 Å². The lowest BCUT2D eigenvalue weighted by Crippen LogP contribution is -2.07. The van der Waals surface area contributed by atoms with Gasteiger partial charge in [-0.1, -0.05) is 224 Å². The van der Waals surface area contributed by atoms with E-state index in [-0.39, 0.29) is 0 Å². The van der Waals surface area contributed by atoms with Gasteiger partial charge in [0, 0.05) is 38.2 Å². The summed E-state index contributed by atoms with van der Waals surface area (Å²) in [4.78, 5) is 16.2. The summed E-state index contributed by atoms with van der Waals surface area (Å²) in [6, 6.07) is 88.2. The third-order valence-corrected chi connectivity index (χ3v) is 13.2. The molecule has 0 amide bonds. The molecule has 0 radical (unpaired) electrons. The van der Waals surface area contributed by atoms with E-state index in [0.29, 0.717) is 17.6 Å². The molecule has 13 rings (SSSR count). The Kier molecular flexibility index (Phi) is 9.43. The van der Waals surface area contributed by atoms with Gasteiger partial charge in [-0.2, -0.15) is 9.97 Å². The second-order valence-electron chi connectivity index (χ2n) is 17.2. The summed E-state index contributed by atoms with van der Waals surface area (Å²) in [5, 5.41) is 4.55. The first-order valence-corrected chi connectivity index (χ1v) is 23.0. The maximum atomic E-state index is 5.46. The maximum absolute atomic E-state index is 5.46. The van der Waals surface area contributed by atoms with Crippen molar-refractivity contribution in [3.8, 4) is 78.9 Å². The van der Waals surface area contributed by atoms with Crippen molar-refractivity contribution in [1.82, 2.24) is 24.1 Å². The molecule has 10 aromatic carbocycles. The summed E-state index contributed by atoms with van der Waals surface area (Å²) in [5.41, 5.74) is 16.3. The number of rotatable bonds is 8. The molecule has 0 bridgehead atoms. The summed E-state index contributed by atoms with van der Waals surface area (Å²) in [6.07, 6.45) is 0. The second kappa shape index (κ2) is 16.4. The average molecular weight is 868 g/mol. The minimum Gasteiger partial charge on any atom is -0.307 e. The van der Waals surface area contributed by atoms with E-state index >= 15 is 0 Å².